The topological polar surface area (TPSA) is 30.4 Å². The number of aromatic nitrogens is 2. The van der Waals surface area contributed by atoms with Crippen LogP contribution in [-0.2, 0) is 0 Å². The van der Waals surface area contributed by atoms with E-state index >= 15 is 0 Å². The Morgan fingerprint density at radius 1 is 0.410 bits per heavy atom. The number of hydrogen-bond acceptors (Lipinski definition) is 9. The van der Waals surface area contributed by atoms with Gasteiger partial charge in [-0.2, -0.15) is 9.13 Å². The lowest BCUT2D eigenvalue weighted by Crippen LogP contribution is -2.43. The van der Waals surface area contributed by atoms with Crippen LogP contribution < -0.4 is 28.7 Å². The molecule has 8 aromatic rings. The summed E-state index contributed by atoms with van der Waals surface area (Å²) in [7, 11) is 17.3. The molecule has 10 rings (SSSR count). The molecule has 0 atom stereocenters. The fourth-order valence-electron chi connectivity index (χ4n) is 10.6. The minimum absolute atomic E-state index is 1.01. The van der Waals surface area contributed by atoms with Crippen LogP contribution in [0.3, 0.4) is 0 Å². The normalized spacial score (nSPS) is 14.1. The number of fused-ring (bicyclic) bond motifs is 4. The Kier molecular flexibility index (Phi) is 19.3. The second-order valence-electron chi connectivity index (χ2n) is 21.3. The predicted octanol–water partition coefficient (Wildman–Crippen LogP) is 13.6. The molecule has 0 bridgehead atoms. The highest BCUT2D eigenvalue weighted by atomic mass is 32.2. The smallest absolute Gasteiger partial charge is 0.282 e. The van der Waals surface area contributed by atoms with Crippen molar-refractivity contribution in [2.75, 3.05) is 122 Å². The molecular weight excluding hydrogens is 995 g/mol. The molecule has 4 heterocycles. The van der Waals surface area contributed by atoms with Crippen LogP contribution in [0.5, 0.6) is 0 Å². The Hall–Kier alpha value is -6.60. The maximum absolute atomic E-state index is 2.61. The Labute approximate surface area is 474 Å². The molecule has 0 spiro atoms. The number of pyridine rings is 2. The molecule has 0 radical (unpaired) electrons. The monoisotopic (exact) mass is 1080 g/mol. The summed E-state index contributed by atoms with van der Waals surface area (Å²) in [6, 6.07) is 61.5. The largest absolute Gasteiger partial charge is 0.338 e. The van der Waals surface area contributed by atoms with Crippen molar-refractivity contribution in [3.63, 3.8) is 0 Å². The zero-order valence-electron chi connectivity index (χ0n) is 47.6. The standard InChI is InChI=1S/C34H42N5S.C33H39N4S/c1-35(2)21-13-23-38(24-14-22-36(3)4)33-25-27(26-34-37(5)31-19-11-12-20-32(31)40-34)29-17-9-10-18-30(29)39(33)28-15-7-6-8-16-28;1-5-6-22-36(23-14-21-34(2)3)32-24-26(25-33-35(4)30-19-12-13-20-31(30)38-33)28-17-10-11-18-29(28)37(32)27-15-8-7-9-16-27/h6-12,15-20,25-26H,13-14,21-24H2,1-5H3;7-13,15-20,24-25H,5-6,14,21-23H2,1-4H3/q2*+1. The van der Waals surface area contributed by atoms with Gasteiger partial charge in [-0.25, -0.2) is 0 Å². The predicted molar refractivity (Wildman–Crippen MR) is 337 cm³/mol. The van der Waals surface area contributed by atoms with Crippen LogP contribution in [0.2, 0.25) is 0 Å². The van der Waals surface area contributed by atoms with E-state index in [-0.39, 0.29) is 0 Å². The van der Waals surface area contributed by atoms with Gasteiger partial charge in [-0.05, 0) is 152 Å². The van der Waals surface area contributed by atoms with Gasteiger partial charge in [-0.3, -0.25) is 9.80 Å². The molecule has 2 aliphatic rings. The van der Waals surface area contributed by atoms with E-state index in [9.17, 15) is 0 Å². The van der Waals surface area contributed by atoms with Gasteiger partial charge in [0, 0.05) is 66.4 Å². The number of thioether (sulfide) groups is 2. The third-order valence-corrected chi connectivity index (χ3v) is 16.9. The quantitative estimate of drug-likeness (QED) is 0.0653. The van der Waals surface area contributed by atoms with E-state index in [1.54, 1.807) is 0 Å². The van der Waals surface area contributed by atoms with Gasteiger partial charge in [-0.15, -0.1) is 0 Å². The molecule has 6 aromatic carbocycles. The molecule has 0 saturated carbocycles. The highest BCUT2D eigenvalue weighted by Gasteiger charge is 2.29. The fourth-order valence-corrected chi connectivity index (χ4v) is 12.8. The first-order chi connectivity index (χ1) is 38.0. The van der Waals surface area contributed by atoms with E-state index in [0.717, 1.165) is 65.1 Å². The summed E-state index contributed by atoms with van der Waals surface area (Å²) in [6.45, 7) is 9.59. The zero-order chi connectivity index (χ0) is 54.5. The summed E-state index contributed by atoms with van der Waals surface area (Å²) in [5.74, 6) is 2.51. The molecule has 11 heteroatoms. The van der Waals surface area contributed by atoms with Gasteiger partial charge in [0.15, 0.2) is 0 Å². The maximum atomic E-state index is 2.61. The summed E-state index contributed by atoms with van der Waals surface area (Å²) in [6.07, 6.45) is 10.5. The molecule has 2 aromatic heterocycles. The molecule has 404 valence electrons. The molecule has 78 heavy (non-hydrogen) atoms. The van der Waals surface area contributed by atoms with Gasteiger partial charge >= 0.3 is 0 Å². The Morgan fingerprint density at radius 2 is 0.756 bits per heavy atom. The van der Waals surface area contributed by atoms with E-state index in [1.165, 1.54) is 100 Å². The minimum Gasteiger partial charge on any atom is -0.338 e. The lowest BCUT2D eigenvalue weighted by molar-refractivity contribution is -0.554. The van der Waals surface area contributed by atoms with E-state index in [0.29, 0.717) is 0 Å². The summed E-state index contributed by atoms with van der Waals surface area (Å²) in [5, 5.41) is 5.03. The van der Waals surface area contributed by atoms with Crippen LogP contribution in [0.4, 0.5) is 23.0 Å². The van der Waals surface area contributed by atoms with E-state index < -0.39 is 0 Å². The second-order valence-corrected chi connectivity index (χ2v) is 23.4. The first kappa shape index (κ1) is 56.1. The van der Waals surface area contributed by atoms with Gasteiger partial charge in [-0.1, -0.05) is 134 Å². The minimum atomic E-state index is 1.01. The van der Waals surface area contributed by atoms with E-state index in [2.05, 4.69) is 289 Å². The number of para-hydroxylation sites is 6. The van der Waals surface area contributed by atoms with Crippen LogP contribution in [-0.4, -0.2) is 117 Å². The lowest BCUT2D eigenvalue weighted by atomic mass is 10.1. The summed E-state index contributed by atoms with van der Waals surface area (Å²) in [4.78, 5) is 19.3. The summed E-state index contributed by atoms with van der Waals surface area (Å²) < 4.78 is 4.92. The number of rotatable bonds is 21. The molecule has 0 N–H and O–H groups in total. The van der Waals surface area contributed by atoms with E-state index in [4.69, 9.17) is 0 Å². The van der Waals surface area contributed by atoms with Crippen molar-refractivity contribution < 1.29 is 9.13 Å². The van der Waals surface area contributed by atoms with Gasteiger partial charge in [0.05, 0.1) is 47.6 Å². The number of hydrogen-bond donors (Lipinski definition) is 0. The molecule has 0 aliphatic carbocycles. The van der Waals surface area contributed by atoms with Gasteiger partial charge in [0.1, 0.15) is 22.4 Å². The van der Waals surface area contributed by atoms with Crippen molar-refractivity contribution in [2.24, 2.45) is 0 Å². The number of nitrogens with zero attached hydrogens (tertiary/aromatic N) is 9. The fraction of sp³-hybridized carbons (Fsp3) is 0.313. The van der Waals surface area contributed by atoms with Crippen molar-refractivity contribution >= 4 is 80.5 Å². The third kappa shape index (κ3) is 13.4. The molecule has 2 aliphatic heterocycles. The maximum Gasteiger partial charge on any atom is 0.282 e. The van der Waals surface area contributed by atoms with Crippen molar-refractivity contribution in [3.05, 3.63) is 191 Å². The van der Waals surface area contributed by atoms with Crippen LogP contribution in [0, 0.1) is 0 Å². The van der Waals surface area contributed by atoms with Gasteiger partial charge in [0.2, 0.25) is 0 Å². The van der Waals surface area contributed by atoms with Crippen LogP contribution in [0.25, 0.3) is 45.3 Å². The third-order valence-electron chi connectivity index (χ3n) is 14.6. The highest BCUT2D eigenvalue weighted by Crippen LogP contribution is 2.47. The summed E-state index contributed by atoms with van der Waals surface area (Å²) in [5.41, 5.74) is 9.92. The SMILES string of the molecule is CCCCN(CCCN(C)C)c1cc(/C=C2\Sc3ccccc3N2C)c2ccccc2[n+]1-c1ccccc1.CN(C)CCCN(CCCN(C)C)c1cc(/C=C2\Sc3ccccc3N2C)c2ccccc2[n+]1-c1ccccc1. The number of anilines is 4. The first-order valence-electron chi connectivity index (χ1n) is 27.9. The molecular formula is C67H81N9S2+2. The van der Waals surface area contributed by atoms with Crippen LogP contribution >= 0.6 is 23.5 Å². The summed E-state index contributed by atoms with van der Waals surface area (Å²) >= 11 is 3.71. The van der Waals surface area contributed by atoms with E-state index in [1.807, 2.05) is 23.5 Å². The Balaban J connectivity index is 0.000000190. The highest BCUT2D eigenvalue weighted by molar-refractivity contribution is 8.04. The molecule has 0 amide bonds. The van der Waals surface area contributed by atoms with Crippen molar-refractivity contribution in [1.29, 1.82) is 0 Å². The second kappa shape index (κ2) is 26.8. The average Bonchev–Trinajstić information content (AvgIpc) is 3.99. The molecule has 0 unspecified atom stereocenters. The number of benzene rings is 6. The van der Waals surface area contributed by atoms with Crippen LogP contribution in [0.1, 0.15) is 50.2 Å². The Morgan fingerprint density at radius 3 is 1.13 bits per heavy atom. The molecule has 0 fully saturated rings. The van der Waals surface area contributed by atoms with Crippen molar-refractivity contribution in [3.8, 4) is 11.4 Å². The molecule has 0 saturated heterocycles. The van der Waals surface area contributed by atoms with Crippen molar-refractivity contribution in [2.45, 2.75) is 48.8 Å². The van der Waals surface area contributed by atoms with Crippen LogP contribution in [0.15, 0.2) is 190 Å². The molecule has 9 nitrogen and oxygen atoms in total. The zero-order valence-corrected chi connectivity index (χ0v) is 49.3. The van der Waals surface area contributed by atoms with Gasteiger partial charge in [0.25, 0.3) is 11.6 Å². The number of unbranched alkanes of at least 4 members (excludes halogenated alkanes) is 1. The van der Waals surface area contributed by atoms with Crippen molar-refractivity contribution in [1.82, 2.24) is 14.7 Å². The lowest BCUT2D eigenvalue weighted by Gasteiger charge is -2.23. The average molecular weight is 1080 g/mol. The Bertz CT molecular complexity index is 3310. The first-order valence-corrected chi connectivity index (χ1v) is 29.6. The van der Waals surface area contributed by atoms with Gasteiger partial charge < -0.3 is 24.5 Å².